The SMILES string of the molecule is CCN1CCC[C@@](C)(C(=O)NCCNC(=O)c2cccnc2)C1. The highest BCUT2D eigenvalue weighted by molar-refractivity contribution is 5.93. The van der Waals surface area contributed by atoms with Gasteiger partial charge in [-0.2, -0.15) is 0 Å². The van der Waals surface area contributed by atoms with Crippen LogP contribution in [0, 0.1) is 5.41 Å². The molecule has 0 spiro atoms. The second kappa shape index (κ2) is 8.06. The first-order valence-electron chi connectivity index (χ1n) is 8.24. The Morgan fingerprint density at radius 3 is 2.83 bits per heavy atom. The van der Waals surface area contributed by atoms with Gasteiger partial charge in [-0.1, -0.05) is 6.92 Å². The van der Waals surface area contributed by atoms with Gasteiger partial charge >= 0.3 is 0 Å². The zero-order valence-electron chi connectivity index (χ0n) is 14.0. The lowest BCUT2D eigenvalue weighted by molar-refractivity contribution is -0.133. The molecule has 1 aliphatic heterocycles. The topological polar surface area (TPSA) is 74.3 Å². The standard InChI is InChI=1S/C17H26N4O2/c1-3-21-11-5-7-17(2,13-21)16(23)20-10-9-19-15(22)14-6-4-8-18-12-14/h4,6,8,12H,3,5,7,9-11,13H2,1-2H3,(H,19,22)(H,20,23)/t17-/m1/s1. The van der Waals surface area contributed by atoms with Crippen molar-refractivity contribution in [2.75, 3.05) is 32.7 Å². The molecule has 0 radical (unpaired) electrons. The van der Waals surface area contributed by atoms with Crippen molar-refractivity contribution < 1.29 is 9.59 Å². The molecule has 0 bridgehead atoms. The van der Waals surface area contributed by atoms with E-state index in [4.69, 9.17) is 0 Å². The second-order valence-electron chi connectivity index (χ2n) is 6.29. The summed E-state index contributed by atoms with van der Waals surface area (Å²) in [5.74, 6) is -0.0975. The van der Waals surface area contributed by atoms with Crippen LogP contribution in [0.3, 0.4) is 0 Å². The molecule has 23 heavy (non-hydrogen) atoms. The second-order valence-corrected chi connectivity index (χ2v) is 6.29. The summed E-state index contributed by atoms with van der Waals surface area (Å²) in [5, 5.41) is 5.73. The number of likely N-dealkylation sites (tertiary alicyclic amines) is 1. The Kier molecular flexibility index (Phi) is 6.10. The van der Waals surface area contributed by atoms with Crippen LogP contribution in [0.4, 0.5) is 0 Å². The van der Waals surface area contributed by atoms with E-state index >= 15 is 0 Å². The van der Waals surface area contributed by atoms with Gasteiger partial charge in [-0.05, 0) is 45.0 Å². The van der Waals surface area contributed by atoms with Crippen LogP contribution in [0.2, 0.25) is 0 Å². The largest absolute Gasteiger partial charge is 0.354 e. The molecule has 6 heteroatoms. The summed E-state index contributed by atoms with van der Waals surface area (Å²) in [5.41, 5.74) is 0.193. The van der Waals surface area contributed by atoms with Crippen LogP contribution in [-0.2, 0) is 4.79 Å². The van der Waals surface area contributed by atoms with E-state index in [9.17, 15) is 9.59 Å². The van der Waals surface area contributed by atoms with Crippen molar-refractivity contribution in [1.82, 2.24) is 20.5 Å². The Morgan fingerprint density at radius 2 is 2.13 bits per heavy atom. The summed E-state index contributed by atoms with van der Waals surface area (Å²) in [6.07, 6.45) is 5.12. The van der Waals surface area contributed by atoms with Crippen LogP contribution in [0.25, 0.3) is 0 Å². The van der Waals surface area contributed by atoms with Crippen molar-refractivity contribution in [2.24, 2.45) is 5.41 Å². The molecular formula is C17H26N4O2. The summed E-state index contributed by atoms with van der Waals surface area (Å²) in [7, 11) is 0. The minimum Gasteiger partial charge on any atom is -0.354 e. The van der Waals surface area contributed by atoms with Crippen LogP contribution in [0.15, 0.2) is 24.5 Å². The highest BCUT2D eigenvalue weighted by Crippen LogP contribution is 2.29. The van der Waals surface area contributed by atoms with E-state index in [1.807, 2.05) is 6.92 Å². The molecule has 0 unspecified atom stereocenters. The molecule has 2 N–H and O–H groups in total. The molecule has 1 aromatic rings. The molecule has 0 aliphatic carbocycles. The lowest BCUT2D eigenvalue weighted by Gasteiger charge is -2.38. The molecule has 1 aromatic heterocycles. The van der Waals surface area contributed by atoms with Crippen LogP contribution in [0.5, 0.6) is 0 Å². The van der Waals surface area contributed by atoms with Crippen LogP contribution < -0.4 is 10.6 Å². The van der Waals surface area contributed by atoms with Gasteiger partial charge in [0, 0.05) is 32.0 Å². The highest BCUT2D eigenvalue weighted by atomic mass is 16.2. The molecule has 2 rings (SSSR count). The number of pyridine rings is 1. The zero-order chi connectivity index (χ0) is 16.7. The smallest absolute Gasteiger partial charge is 0.252 e. The molecule has 1 aliphatic rings. The molecular weight excluding hydrogens is 292 g/mol. The normalized spacial score (nSPS) is 21.7. The minimum atomic E-state index is -0.332. The van der Waals surface area contributed by atoms with Crippen molar-refractivity contribution >= 4 is 11.8 Å². The number of hydrogen-bond acceptors (Lipinski definition) is 4. The number of carbonyl (C=O) groups excluding carboxylic acids is 2. The number of aromatic nitrogens is 1. The minimum absolute atomic E-state index is 0.0753. The fourth-order valence-corrected chi connectivity index (χ4v) is 2.96. The van der Waals surface area contributed by atoms with Crippen LogP contribution in [0.1, 0.15) is 37.0 Å². The van der Waals surface area contributed by atoms with Gasteiger partial charge in [-0.3, -0.25) is 14.6 Å². The van der Waals surface area contributed by atoms with E-state index in [-0.39, 0.29) is 17.2 Å². The Labute approximate surface area is 137 Å². The zero-order valence-corrected chi connectivity index (χ0v) is 14.0. The molecule has 1 saturated heterocycles. The van der Waals surface area contributed by atoms with E-state index in [1.165, 1.54) is 6.20 Å². The monoisotopic (exact) mass is 318 g/mol. The Morgan fingerprint density at radius 1 is 1.35 bits per heavy atom. The van der Waals surface area contributed by atoms with E-state index in [0.29, 0.717) is 18.7 Å². The Hall–Kier alpha value is -1.95. The fourth-order valence-electron chi connectivity index (χ4n) is 2.96. The first-order chi connectivity index (χ1) is 11.0. The predicted molar refractivity (Wildman–Crippen MR) is 89.0 cm³/mol. The van der Waals surface area contributed by atoms with Crippen molar-refractivity contribution in [3.05, 3.63) is 30.1 Å². The number of amides is 2. The van der Waals surface area contributed by atoms with Gasteiger partial charge < -0.3 is 15.5 Å². The maximum atomic E-state index is 12.4. The number of nitrogens with one attached hydrogen (secondary N) is 2. The molecule has 1 fully saturated rings. The molecule has 2 heterocycles. The van der Waals surface area contributed by atoms with Crippen LogP contribution in [-0.4, -0.2) is 54.4 Å². The van der Waals surface area contributed by atoms with Gasteiger partial charge in [0.1, 0.15) is 0 Å². The number of rotatable bonds is 6. The lowest BCUT2D eigenvalue weighted by atomic mass is 9.81. The Bertz CT molecular complexity index is 535. The first-order valence-corrected chi connectivity index (χ1v) is 8.24. The number of nitrogens with zero attached hydrogens (tertiary/aromatic N) is 2. The number of hydrogen-bond donors (Lipinski definition) is 2. The van der Waals surface area contributed by atoms with Gasteiger partial charge in [0.25, 0.3) is 5.91 Å². The predicted octanol–water partition coefficient (Wildman–Crippen LogP) is 1.05. The average Bonchev–Trinajstić information content (AvgIpc) is 2.59. The molecule has 0 aromatic carbocycles. The third-order valence-electron chi connectivity index (χ3n) is 4.39. The number of carbonyl (C=O) groups is 2. The molecule has 126 valence electrons. The summed E-state index contributed by atoms with van der Waals surface area (Å²) in [6.45, 7) is 7.84. The van der Waals surface area contributed by atoms with Crippen LogP contribution >= 0.6 is 0 Å². The fraction of sp³-hybridized carbons (Fsp3) is 0.588. The van der Waals surface area contributed by atoms with Gasteiger partial charge in [0.05, 0.1) is 11.0 Å². The van der Waals surface area contributed by atoms with Gasteiger partial charge in [-0.15, -0.1) is 0 Å². The first kappa shape index (κ1) is 17.4. The summed E-state index contributed by atoms with van der Waals surface area (Å²) >= 11 is 0. The molecule has 0 saturated carbocycles. The van der Waals surface area contributed by atoms with Gasteiger partial charge in [0.15, 0.2) is 0 Å². The van der Waals surface area contributed by atoms with E-state index in [2.05, 4.69) is 27.4 Å². The van der Waals surface area contributed by atoms with Crippen molar-refractivity contribution in [3.63, 3.8) is 0 Å². The van der Waals surface area contributed by atoms with Crippen molar-refractivity contribution in [1.29, 1.82) is 0 Å². The quantitative estimate of drug-likeness (QED) is 0.769. The van der Waals surface area contributed by atoms with Gasteiger partial charge in [-0.25, -0.2) is 0 Å². The van der Waals surface area contributed by atoms with E-state index in [0.717, 1.165) is 32.5 Å². The van der Waals surface area contributed by atoms with E-state index in [1.54, 1.807) is 18.3 Å². The maximum Gasteiger partial charge on any atom is 0.252 e. The van der Waals surface area contributed by atoms with Crippen molar-refractivity contribution in [2.45, 2.75) is 26.7 Å². The van der Waals surface area contributed by atoms with Gasteiger partial charge in [0.2, 0.25) is 5.91 Å². The molecule has 6 nitrogen and oxygen atoms in total. The summed E-state index contributed by atoms with van der Waals surface area (Å²) in [6, 6.07) is 3.43. The third-order valence-corrected chi connectivity index (χ3v) is 4.39. The summed E-state index contributed by atoms with van der Waals surface area (Å²) in [4.78, 5) is 30.5. The lowest BCUT2D eigenvalue weighted by Crippen LogP contribution is -2.51. The molecule has 2 amide bonds. The third kappa shape index (κ3) is 4.76. The maximum absolute atomic E-state index is 12.4. The van der Waals surface area contributed by atoms with Crippen molar-refractivity contribution in [3.8, 4) is 0 Å². The number of piperidine rings is 1. The molecule has 1 atom stereocenters. The summed E-state index contributed by atoms with van der Waals surface area (Å²) < 4.78 is 0. The highest BCUT2D eigenvalue weighted by Gasteiger charge is 2.36. The average molecular weight is 318 g/mol. The van der Waals surface area contributed by atoms with E-state index < -0.39 is 0 Å². The Balaban J connectivity index is 1.73.